The van der Waals surface area contributed by atoms with Crippen LogP contribution in [0.2, 0.25) is 10.0 Å². The Bertz CT molecular complexity index is 1930. The Kier molecular flexibility index (Phi) is 8.65. The van der Waals surface area contributed by atoms with Crippen molar-refractivity contribution >= 4 is 45.1 Å². The molecular weight excluding hydrogens is 648 g/mol. The molecule has 224 valence electrons. The predicted molar refractivity (Wildman–Crippen MR) is 160 cm³/mol. The van der Waals surface area contributed by atoms with Gasteiger partial charge in [-0.2, -0.15) is 31.8 Å². The summed E-state index contributed by atoms with van der Waals surface area (Å²) >= 11 is 12.4. The van der Waals surface area contributed by atoms with E-state index in [1.54, 1.807) is 55.5 Å². The zero-order chi connectivity index (χ0) is 31.1. The summed E-state index contributed by atoms with van der Waals surface area (Å²) in [6.45, 7) is 1.63. The summed E-state index contributed by atoms with van der Waals surface area (Å²) < 4.78 is 74.0. The van der Waals surface area contributed by atoms with Crippen LogP contribution in [-0.2, 0) is 16.7 Å². The lowest BCUT2D eigenvalue weighted by atomic mass is 10.1. The maximum atomic E-state index is 13.4. The van der Waals surface area contributed by atoms with Gasteiger partial charge in [-0.3, -0.25) is 9.35 Å². The highest BCUT2D eigenvalue weighted by Crippen LogP contribution is 2.37. The minimum atomic E-state index is -4.41. The third kappa shape index (κ3) is 6.91. The van der Waals surface area contributed by atoms with Crippen LogP contribution in [-0.4, -0.2) is 38.0 Å². The van der Waals surface area contributed by atoms with Gasteiger partial charge in [0.1, 0.15) is 10.9 Å². The van der Waals surface area contributed by atoms with Gasteiger partial charge in [0.15, 0.2) is 5.69 Å². The van der Waals surface area contributed by atoms with Crippen LogP contribution in [0, 0.1) is 0 Å². The molecule has 0 saturated carbocycles. The fourth-order valence-electron chi connectivity index (χ4n) is 4.60. The number of hydrogen-bond acceptors (Lipinski definition) is 6. The van der Waals surface area contributed by atoms with Crippen LogP contribution in [0.4, 0.5) is 13.2 Å². The van der Waals surface area contributed by atoms with Gasteiger partial charge in [0, 0.05) is 15.5 Å². The second kappa shape index (κ2) is 12.0. The summed E-state index contributed by atoms with van der Waals surface area (Å²) in [5, 5.41) is 8.58. The summed E-state index contributed by atoms with van der Waals surface area (Å²) in [6, 6.07) is 18.4. The monoisotopic (exact) mass is 668 g/mol. The van der Waals surface area contributed by atoms with Gasteiger partial charge in [-0.05, 0) is 77.8 Å². The van der Waals surface area contributed by atoms with E-state index >= 15 is 0 Å². The van der Waals surface area contributed by atoms with Gasteiger partial charge in [-0.25, -0.2) is 9.36 Å². The zero-order valence-electron chi connectivity index (χ0n) is 22.1. The van der Waals surface area contributed by atoms with Crippen LogP contribution in [0.1, 0.15) is 29.7 Å². The largest absolute Gasteiger partial charge is 0.446 e. The summed E-state index contributed by atoms with van der Waals surface area (Å²) in [4.78, 5) is 13.4. The molecule has 0 spiro atoms. The van der Waals surface area contributed by atoms with Gasteiger partial charge >= 0.3 is 5.51 Å². The van der Waals surface area contributed by atoms with E-state index in [0.717, 1.165) is 0 Å². The molecule has 1 N–H and O–H groups in total. The van der Waals surface area contributed by atoms with Gasteiger partial charge in [0.2, 0.25) is 0 Å². The third-order valence-corrected chi connectivity index (χ3v) is 9.16. The van der Waals surface area contributed by atoms with E-state index in [-0.39, 0.29) is 41.0 Å². The van der Waals surface area contributed by atoms with E-state index in [4.69, 9.17) is 23.2 Å². The maximum Gasteiger partial charge on any atom is 0.446 e. The number of fused-ring (bicyclic) bond motifs is 1. The summed E-state index contributed by atoms with van der Waals surface area (Å²) in [7, 11) is -4.33. The molecule has 3 aromatic rings. The SMILES string of the molecule is CCC(c1ccc(-n2nc3c(=O)n(Cc4ccc(SC(F)(F)F)cc4)nc-3cc2-c2ccc(Cl)cc2Cl)cc1)S(=O)(=O)O. The molecule has 2 heterocycles. The van der Waals surface area contributed by atoms with Crippen molar-refractivity contribution in [3.8, 4) is 28.3 Å². The zero-order valence-corrected chi connectivity index (χ0v) is 25.2. The highest BCUT2D eigenvalue weighted by Gasteiger charge is 2.29. The number of halogens is 5. The molecule has 0 saturated heterocycles. The van der Waals surface area contributed by atoms with Crippen molar-refractivity contribution in [1.29, 1.82) is 0 Å². The topological polar surface area (TPSA) is 107 Å². The molecule has 2 aliphatic heterocycles. The highest BCUT2D eigenvalue weighted by atomic mass is 35.5. The summed E-state index contributed by atoms with van der Waals surface area (Å²) in [5.74, 6) is 0. The minimum Gasteiger partial charge on any atom is -0.285 e. The van der Waals surface area contributed by atoms with Crippen LogP contribution >= 0.6 is 35.0 Å². The number of benzene rings is 3. The maximum absolute atomic E-state index is 13.4. The molecule has 43 heavy (non-hydrogen) atoms. The fraction of sp³-hybridized carbons (Fsp3) is 0.179. The van der Waals surface area contributed by atoms with Crippen molar-refractivity contribution in [1.82, 2.24) is 19.6 Å². The van der Waals surface area contributed by atoms with E-state index < -0.39 is 26.4 Å². The van der Waals surface area contributed by atoms with Crippen molar-refractivity contribution in [2.24, 2.45) is 0 Å². The van der Waals surface area contributed by atoms with Crippen LogP contribution < -0.4 is 5.56 Å². The molecule has 3 aromatic carbocycles. The predicted octanol–water partition coefficient (Wildman–Crippen LogP) is 7.51. The summed E-state index contributed by atoms with van der Waals surface area (Å²) in [5.41, 5.74) is -2.31. The van der Waals surface area contributed by atoms with Gasteiger partial charge in [0.25, 0.3) is 15.7 Å². The second-order valence-corrected chi connectivity index (χ2v) is 13.0. The number of hydrogen-bond donors (Lipinski definition) is 1. The first-order chi connectivity index (χ1) is 20.2. The standard InChI is InChI=1S/C28H21Cl2F3N4O4S2/c1-2-25(43(39,40)41)17-5-8-19(9-6-17)37-24(21-12-7-18(29)13-22(21)30)14-23-26(35-37)27(38)36(34-23)15-16-3-10-20(11-4-16)42-28(31,32)33/h3-14,25H,2,15H2,1H3,(H,39,40,41). The van der Waals surface area contributed by atoms with E-state index in [1.165, 1.54) is 33.6 Å². The van der Waals surface area contributed by atoms with E-state index in [0.29, 0.717) is 38.1 Å². The van der Waals surface area contributed by atoms with Crippen LogP contribution in [0.3, 0.4) is 0 Å². The van der Waals surface area contributed by atoms with E-state index in [2.05, 4.69) is 10.2 Å². The molecule has 0 amide bonds. The number of aromatic nitrogens is 4. The molecule has 0 aliphatic carbocycles. The van der Waals surface area contributed by atoms with Crippen molar-refractivity contribution in [3.05, 3.63) is 104 Å². The van der Waals surface area contributed by atoms with Crippen molar-refractivity contribution in [2.45, 2.75) is 35.5 Å². The molecule has 0 fully saturated rings. The lowest BCUT2D eigenvalue weighted by Gasteiger charge is -2.17. The molecule has 15 heteroatoms. The Morgan fingerprint density at radius 1 is 0.977 bits per heavy atom. The molecule has 8 nitrogen and oxygen atoms in total. The number of alkyl halides is 3. The number of rotatable bonds is 8. The Morgan fingerprint density at radius 2 is 1.65 bits per heavy atom. The van der Waals surface area contributed by atoms with Crippen LogP contribution in [0.5, 0.6) is 0 Å². The van der Waals surface area contributed by atoms with Crippen LogP contribution in [0.15, 0.2) is 82.5 Å². The molecule has 1 atom stereocenters. The van der Waals surface area contributed by atoms with Crippen LogP contribution in [0.25, 0.3) is 28.3 Å². The van der Waals surface area contributed by atoms with Crippen molar-refractivity contribution in [3.63, 3.8) is 0 Å². The second-order valence-electron chi connectivity index (χ2n) is 9.46. The molecule has 1 unspecified atom stereocenters. The number of thioether (sulfide) groups is 1. The Hall–Kier alpha value is -3.36. The first-order valence-corrected chi connectivity index (χ1v) is 15.7. The molecule has 5 rings (SSSR count). The van der Waals surface area contributed by atoms with E-state index in [1.807, 2.05) is 0 Å². The Labute approximate surface area is 258 Å². The molecule has 0 bridgehead atoms. The lowest BCUT2D eigenvalue weighted by molar-refractivity contribution is -0.0328. The summed E-state index contributed by atoms with van der Waals surface area (Å²) in [6.07, 6.45) is 0.157. The van der Waals surface area contributed by atoms with Crippen molar-refractivity contribution < 1.29 is 26.1 Å². The van der Waals surface area contributed by atoms with Gasteiger partial charge in [0.05, 0.1) is 22.9 Å². The smallest absolute Gasteiger partial charge is 0.285 e. The fourth-order valence-corrected chi connectivity index (χ4v) is 6.57. The molecule has 2 aliphatic rings. The lowest BCUT2D eigenvalue weighted by Crippen LogP contribution is -2.19. The quantitative estimate of drug-likeness (QED) is 0.135. The van der Waals surface area contributed by atoms with Crippen molar-refractivity contribution in [2.75, 3.05) is 0 Å². The third-order valence-electron chi connectivity index (χ3n) is 6.55. The average molecular weight is 670 g/mol. The molecular formula is C28H21Cl2F3N4O4S2. The molecule has 0 radical (unpaired) electrons. The first kappa shape index (κ1) is 31.1. The highest BCUT2D eigenvalue weighted by molar-refractivity contribution is 8.00. The van der Waals surface area contributed by atoms with Gasteiger partial charge < -0.3 is 0 Å². The minimum absolute atomic E-state index is 0.00801. The van der Waals surface area contributed by atoms with E-state index in [9.17, 15) is 30.9 Å². The van der Waals surface area contributed by atoms with Gasteiger partial charge in [-0.15, -0.1) is 0 Å². The normalized spacial score (nSPS) is 13.0. The Balaban J connectivity index is 1.60. The van der Waals surface area contributed by atoms with Gasteiger partial charge in [-0.1, -0.05) is 54.4 Å². The first-order valence-electron chi connectivity index (χ1n) is 12.6. The Morgan fingerprint density at radius 3 is 2.23 bits per heavy atom. The average Bonchev–Trinajstić information content (AvgIpc) is 3.22. The molecule has 0 aromatic heterocycles. The number of nitrogens with zero attached hydrogens (tertiary/aromatic N) is 4.